The van der Waals surface area contributed by atoms with Gasteiger partial charge in [0.2, 0.25) is 0 Å². The normalized spacial score (nSPS) is 22.6. The van der Waals surface area contributed by atoms with Gasteiger partial charge in [-0.25, -0.2) is 4.39 Å². The minimum absolute atomic E-state index is 0.0295. The lowest BCUT2D eigenvalue weighted by atomic mass is 9.95. The Hall–Kier alpha value is -3.02. The lowest BCUT2D eigenvalue weighted by Gasteiger charge is -2.30. The van der Waals surface area contributed by atoms with Crippen LogP contribution in [-0.2, 0) is 9.59 Å². The number of rotatable bonds is 3. The largest absolute Gasteiger partial charge is 0.507 e. The van der Waals surface area contributed by atoms with Crippen LogP contribution in [0.15, 0.2) is 54.4 Å². The molecule has 0 radical (unpaired) electrons. The topological polar surface area (TPSA) is 70.5 Å². The number of hydrogen-bond acceptors (Lipinski definition) is 4. The van der Waals surface area contributed by atoms with E-state index in [4.69, 9.17) is 0 Å². The van der Waals surface area contributed by atoms with E-state index in [9.17, 15) is 19.1 Å². The van der Waals surface area contributed by atoms with Crippen molar-refractivity contribution in [2.24, 2.45) is 0 Å². The number of amides is 1. The van der Waals surface area contributed by atoms with Crippen LogP contribution in [0.2, 0.25) is 0 Å². The van der Waals surface area contributed by atoms with E-state index in [1.54, 1.807) is 29.4 Å². The molecule has 2 aliphatic rings. The van der Waals surface area contributed by atoms with E-state index in [2.05, 4.69) is 4.98 Å². The zero-order valence-corrected chi connectivity index (χ0v) is 14.6. The Morgan fingerprint density at radius 3 is 2.30 bits per heavy atom. The van der Waals surface area contributed by atoms with Crippen molar-refractivity contribution in [2.75, 3.05) is 0 Å². The molecule has 1 saturated heterocycles. The summed E-state index contributed by atoms with van der Waals surface area (Å²) in [6, 6.07) is 8.02. The first-order chi connectivity index (χ1) is 13.1. The average Bonchev–Trinajstić information content (AvgIpc) is 3.30. The molecule has 138 valence electrons. The third kappa shape index (κ3) is 3.01. The number of likely N-dealkylation sites (tertiary alicyclic amines) is 1. The molecular formula is C21H19FN2O3. The second-order valence-electron chi connectivity index (χ2n) is 6.93. The fourth-order valence-electron chi connectivity index (χ4n) is 4.05. The first-order valence-electron chi connectivity index (χ1n) is 9.04. The van der Waals surface area contributed by atoms with E-state index in [-0.39, 0.29) is 17.4 Å². The zero-order valence-electron chi connectivity index (χ0n) is 14.6. The Kier molecular flexibility index (Phi) is 4.48. The van der Waals surface area contributed by atoms with Gasteiger partial charge < -0.3 is 10.0 Å². The van der Waals surface area contributed by atoms with Crippen LogP contribution in [0, 0.1) is 5.82 Å². The van der Waals surface area contributed by atoms with Gasteiger partial charge in [-0.15, -0.1) is 0 Å². The molecule has 1 aliphatic carbocycles. The number of aliphatic hydroxyl groups is 1. The molecule has 6 heteroatoms. The average molecular weight is 366 g/mol. The van der Waals surface area contributed by atoms with Gasteiger partial charge in [-0.1, -0.05) is 12.8 Å². The maximum absolute atomic E-state index is 13.2. The van der Waals surface area contributed by atoms with Gasteiger partial charge in [0.25, 0.3) is 11.7 Å². The minimum Gasteiger partial charge on any atom is -0.507 e. The van der Waals surface area contributed by atoms with Gasteiger partial charge in [0, 0.05) is 24.0 Å². The number of carbonyl (C=O) groups is 2. The number of aromatic nitrogens is 1. The fraction of sp³-hybridized carbons (Fsp3) is 0.286. The second-order valence-corrected chi connectivity index (χ2v) is 6.93. The van der Waals surface area contributed by atoms with Gasteiger partial charge in [0.05, 0.1) is 11.6 Å². The summed E-state index contributed by atoms with van der Waals surface area (Å²) >= 11 is 0. The third-order valence-corrected chi connectivity index (χ3v) is 5.34. The molecule has 5 nitrogen and oxygen atoms in total. The molecule has 2 heterocycles. The Bertz CT molecular complexity index is 903. The molecule has 1 aromatic heterocycles. The number of hydrogen-bond donors (Lipinski definition) is 1. The lowest BCUT2D eigenvalue weighted by molar-refractivity contribution is -0.141. The van der Waals surface area contributed by atoms with E-state index in [1.807, 2.05) is 0 Å². The van der Waals surface area contributed by atoms with Crippen LogP contribution in [0.5, 0.6) is 0 Å². The van der Waals surface area contributed by atoms with Crippen LogP contribution in [0.25, 0.3) is 5.76 Å². The molecule has 4 rings (SSSR count). The van der Waals surface area contributed by atoms with Gasteiger partial charge in [-0.05, 0) is 54.8 Å². The number of nitrogens with zero attached hydrogens (tertiary/aromatic N) is 2. The van der Waals surface area contributed by atoms with Crippen LogP contribution >= 0.6 is 0 Å². The molecule has 0 spiro atoms. The van der Waals surface area contributed by atoms with Crippen molar-refractivity contribution in [3.63, 3.8) is 0 Å². The van der Waals surface area contributed by atoms with Gasteiger partial charge in [0.1, 0.15) is 11.6 Å². The summed E-state index contributed by atoms with van der Waals surface area (Å²) in [6.07, 6.45) is 6.89. The first kappa shape index (κ1) is 17.4. The quantitative estimate of drug-likeness (QED) is 0.512. The third-order valence-electron chi connectivity index (χ3n) is 5.34. The highest BCUT2D eigenvalue weighted by Crippen LogP contribution is 2.43. The van der Waals surface area contributed by atoms with Crippen molar-refractivity contribution in [3.8, 4) is 0 Å². The Labute approximate surface area is 156 Å². The van der Waals surface area contributed by atoms with E-state index >= 15 is 0 Å². The van der Waals surface area contributed by atoms with Gasteiger partial charge >= 0.3 is 0 Å². The predicted molar refractivity (Wildman–Crippen MR) is 97.0 cm³/mol. The molecule has 1 N–H and O–H groups in total. The monoisotopic (exact) mass is 366 g/mol. The molecule has 27 heavy (non-hydrogen) atoms. The lowest BCUT2D eigenvalue weighted by Crippen LogP contribution is -2.37. The molecule has 2 fully saturated rings. The van der Waals surface area contributed by atoms with Crippen LogP contribution < -0.4 is 0 Å². The van der Waals surface area contributed by atoms with Gasteiger partial charge in [-0.2, -0.15) is 0 Å². The van der Waals surface area contributed by atoms with E-state index in [1.165, 1.54) is 24.3 Å². The number of aliphatic hydroxyl groups excluding tert-OH is 1. The van der Waals surface area contributed by atoms with E-state index in [0.717, 1.165) is 31.2 Å². The SMILES string of the molecule is O=C1C(=O)N(C2CCCC2)C(c2ccncc2)/C1=C(/O)c1ccc(F)cc1. The molecule has 1 amide bonds. The minimum atomic E-state index is -0.703. The summed E-state index contributed by atoms with van der Waals surface area (Å²) in [7, 11) is 0. The van der Waals surface area contributed by atoms with Crippen molar-refractivity contribution in [1.82, 2.24) is 9.88 Å². The molecule has 2 aromatic rings. The summed E-state index contributed by atoms with van der Waals surface area (Å²) in [6.45, 7) is 0. The summed E-state index contributed by atoms with van der Waals surface area (Å²) in [5.74, 6) is -2.02. The van der Waals surface area contributed by atoms with Crippen molar-refractivity contribution in [3.05, 3.63) is 71.3 Å². The molecule has 1 aromatic carbocycles. The maximum Gasteiger partial charge on any atom is 0.295 e. The number of benzene rings is 1. The van der Waals surface area contributed by atoms with E-state index in [0.29, 0.717) is 5.56 Å². The molecular weight excluding hydrogens is 347 g/mol. The van der Waals surface area contributed by atoms with Crippen molar-refractivity contribution in [1.29, 1.82) is 0 Å². The van der Waals surface area contributed by atoms with Crippen LogP contribution in [0.1, 0.15) is 42.9 Å². The summed E-state index contributed by atoms with van der Waals surface area (Å²) < 4.78 is 13.2. The number of pyridine rings is 1. The predicted octanol–water partition coefficient (Wildman–Crippen LogP) is 3.59. The highest BCUT2D eigenvalue weighted by Gasteiger charge is 2.49. The first-order valence-corrected chi connectivity index (χ1v) is 9.04. The highest BCUT2D eigenvalue weighted by molar-refractivity contribution is 6.46. The Morgan fingerprint density at radius 1 is 1.04 bits per heavy atom. The summed E-state index contributed by atoms with van der Waals surface area (Å²) in [5.41, 5.74) is 1.07. The zero-order chi connectivity index (χ0) is 19.0. The second kappa shape index (κ2) is 6.95. The van der Waals surface area contributed by atoms with Crippen LogP contribution in [0.4, 0.5) is 4.39 Å². The summed E-state index contributed by atoms with van der Waals surface area (Å²) in [4.78, 5) is 31.3. The molecule has 1 atom stereocenters. The number of halogens is 1. The smallest absolute Gasteiger partial charge is 0.295 e. The maximum atomic E-state index is 13.2. The van der Waals surface area contributed by atoms with Gasteiger partial charge in [-0.3, -0.25) is 14.6 Å². The van der Waals surface area contributed by atoms with Gasteiger partial charge in [0.15, 0.2) is 0 Å². The Morgan fingerprint density at radius 2 is 1.67 bits per heavy atom. The number of carbonyl (C=O) groups excluding carboxylic acids is 2. The standard InChI is InChI=1S/C21H19FN2O3/c22-15-7-5-14(6-8-15)19(25)17-18(13-9-11-23-12-10-13)24(21(27)20(17)26)16-3-1-2-4-16/h5-12,16,18,25H,1-4H2/b19-17-. The molecule has 1 aliphatic heterocycles. The Balaban J connectivity index is 1.87. The number of ketones is 1. The number of Topliss-reactive ketones (excluding diaryl/α,β-unsaturated/α-hetero) is 1. The fourth-order valence-corrected chi connectivity index (χ4v) is 4.05. The molecule has 1 unspecified atom stereocenters. The van der Waals surface area contributed by atoms with Crippen molar-refractivity contribution >= 4 is 17.4 Å². The molecule has 0 bridgehead atoms. The van der Waals surface area contributed by atoms with Crippen molar-refractivity contribution < 1.29 is 19.1 Å². The van der Waals surface area contributed by atoms with Crippen LogP contribution in [-0.4, -0.2) is 32.7 Å². The molecule has 1 saturated carbocycles. The van der Waals surface area contributed by atoms with Crippen molar-refractivity contribution in [2.45, 2.75) is 37.8 Å². The summed E-state index contributed by atoms with van der Waals surface area (Å²) in [5, 5.41) is 10.8. The highest BCUT2D eigenvalue weighted by atomic mass is 19.1. The van der Waals surface area contributed by atoms with E-state index < -0.39 is 23.5 Å². The van der Waals surface area contributed by atoms with Crippen LogP contribution in [0.3, 0.4) is 0 Å².